The van der Waals surface area contributed by atoms with E-state index in [1.165, 1.54) is 6.07 Å². The Morgan fingerprint density at radius 3 is 2.79 bits per heavy atom. The fourth-order valence-corrected chi connectivity index (χ4v) is 2.26. The van der Waals surface area contributed by atoms with Crippen LogP contribution in [0.5, 0.6) is 0 Å². The monoisotopic (exact) mass is 288 g/mol. The second-order valence-corrected chi connectivity index (χ2v) is 4.69. The fourth-order valence-electron chi connectivity index (χ4n) is 2.11. The molecule has 0 amide bonds. The minimum atomic E-state index is -0.946. The molecule has 1 saturated heterocycles. The van der Waals surface area contributed by atoms with Crippen molar-refractivity contribution in [3.63, 3.8) is 0 Å². The Hall–Kier alpha value is -1.89. The number of benzene rings is 1. The SMILES string of the molecule is O=C(O)C1CCN(c2cc(Cl)c(F)cc2[N+](=O)[O-])C1. The Balaban J connectivity index is 2.37. The van der Waals surface area contributed by atoms with Gasteiger partial charge in [-0.25, -0.2) is 4.39 Å². The van der Waals surface area contributed by atoms with Crippen molar-refractivity contribution in [1.82, 2.24) is 0 Å². The Morgan fingerprint density at radius 2 is 2.26 bits per heavy atom. The third-order valence-corrected chi connectivity index (χ3v) is 3.38. The van der Waals surface area contributed by atoms with E-state index in [1.54, 1.807) is 4.90 Å². The number of rotatable bonds is 3. The first-order chi connectivity index (χ1) is 8.90. The summed E-state index contributed by atoms with van der Waals surface area (Å²) < 4.78 is 13.3. The number of carbonyl (C=O) groups is 1. The maximum absolute atomic E-state index is 13.3. The molecule has 1 aliphatic heterocycles. The average molecular weight is 289 g/mol. The van der Waals surface area contributed by atoms with Gasteiger partial charge in [0.25, 0.3) is 5.69 Å². The Morgan fingerprint density at radius 1 is 1.58 bits per heavy atom. The van der Waals surface area contributed by atoms with Gasteiger partial charge in [-0.1, -0.05) is 11.6 Å². The molecule has 2 rings (SSSR count). The van der Waals surface area contributed by atoms with Crippen molar-refractivity contribution < 1.29 is 19.2 Å². The first kappa shape index (κ1) is 13.5. The van der Waals surface area contributed by atoms with Gasteiger partial charge in [0.2, 0.25) is 0 Å². The first-order valence-electron chi connectivity index (χ1n) is 5.51. The quantitative estimate of drug-likeness (QED) is 0.681. The lowest BCUT2D eigenvalue weighted by Crippen LogP contribution is -2.23. The van der Waals surface area contributed by atoms with Crippen LogP contribution in [0.1, 0.15) is 6.42 Å². The van der Waals surface area contributed by atoms with Crippen molar-refractivity contribution >= 4 is 28.9 Å². The molecule has 0 spiro atoms. The number of aliphatic carboxylic acids is 1. The summed E-state index contributed by atoms with van der Waals surface area (Å²) in [6.45, 7) is 0.512. The highest BCUT2D eigenvalue weighted by Crippen LogP contribution is 2.35. The molecular weight excluding hydrogens is 279 g/mol. The lowest BCUT2D eigenvalue weighted by atomic mass is 10.1. The van der Waals surface area contributed by atoms with Crippen LogP contribution in [0.15, 0.2) is 12.1 Å². The van der Waals surface area contributed by atoms with Crippen LogP contribution in [0, 0.1) is 21.8 Å². The van der Waals surface area contributed by atoms with Gasteiger partial charge in [0.1, 0.15) is 11.5 Å². The zero-order valence-electron chi connectivity index (χ0n) is 9.68. The van der Waals surface area contributed by atoms with E-state index < -0.39 is 28.3 Å². The van der Waals surface area contributed by atoms with Gasteiger partial charge < -0.3 is 10.0 Å². The zero-order valence-corrected chi connectivity index (χ0v) is 10.4. The van der Waals surface area contributed by atoms with Crippen LogP contribution in [0.2, 0.25) is 5.02 Å². The van der Waals surface area contributed by atoms with Crippen LogP contribution >= 0.6 is 11.6 Å². The van der Waals surface area contributed by atoms with Crippen LogP contribution in [-0.2, 0) is 4.79 Å². The molecule has 0 bridgehead atoms. The number of hydrogen-bond acceptors (Lipinski definition) is 4. The topological polar surface area (TPSA) is 83.7 Å². The number of carboxylic acids is 1. The summed E-state index contributed by atoms with van der Waals surface area (Å²) in [5.41, 5.74) is -0.256. The predicted octanol–water partition coefficient (Wildman–Crippen LogP) is 2.30. The molecule has 1 aromatic carbocycles. The van der Waals surface area contributed by atoms with Crippen LogP contribution in [0.25, 0.3) is 0 Å². The molecule has 19 heavy (non-hydrogen) atoms. The minimum absolute atomic E-state index is 0.151. The van der Waals surface area contributed by atoms with Crippen LogP contribution in [0.4, 0.5) is 15.8 Å². The van der Waals surface area contributed by atoms with E-state index in [2.05, 4.69) is 0 Å². The van der Waals surface area contributed by atoms with Gasteiger partial charge in [0.15, 0.2) is 0 Å². The van der Waals surface area contributed by atoms with E-state index in [0.29, 0.717) is 13.0 Å². The number of nitro benzene ring substituents is 1. The average Bonchev–Trinajstić information content (AvgIpc) is 2.81. The molecule has 1 unspecified atom stereocenters. The summed E-state index contributed by atoms with van der Waals surface area (Å²) in [7, 11) is 0. The van der Waals surface area contributed by atoms with E-state index in [0.717, 1.165) is 6.07 Å². The molecule has 1 aliphatic rings. The Bertz CT molecular complexity index is 552. The number of anilines is 1. The van der Waals surface area contributed by atoms with Crippen molar-refractivity contribution in [2.24, 2.45) is 5.92 Å². The van der Waals surface area contributed by atoms with Crippen molar-refractivity contribution in [3.8, 4) is 0 Å². The predicted molar refractivity (Wildman–Crippen MR) is 66.0 cm³/mol. The molecule has 0 saturated carbocycles. The summed E-state index contributed by atoms with van der Waals surface area (Å²) in [6.07, 6.45) is 0.390. The van der Waals surface area contributed by atoms with Crippen LogP contribution < -0.4 is 4.90 Å². The fraction of sp³-hybridized carbons (Fsp3) is 0.364. The van der Waals surface area contributed by atoms with Crippen molar-refractivity contribution in [3.05, 3.63) is 33.1 Å². The lowest BCUT2D eigenvalue weighted by molar-refractivity contribution is -0.384. The largest absolute Gasteiger partial charge is 0.481 e. The van der Waals surface area contributed by atoms with Crippen molar-refractivity contribution in [2.45, 2.75) is 6.42 Å². The van der Waals surface area contributed by atoms with Gasteiger partial charge in [-0.2, -0.15) is 0 Å². The number of nitro groups is 1. The standard InChI is InChI=1S/C11H10ClFN2O4/c12-7-3-9(10(15(18)19)4-8(7)13)14-2-1-6(5-14)11(16)17/h3-4,6H,1-2,5H2,(H,16,17). The Kier molecular flexibility index (Phi) is 3.57. The normalized spacial score (nSPS) is 18.6. The summed E-state index contributed by atoms with van der Waals surface area (Å²) in [4.78, 5) is 22.6. The van der Waals surface area contributed by atoms with E-state index in [9.17, 15) is 19.3 Å². The first-order valence-corrected chi connectivity index (χ1v) is 5.89. The molecule has 102 valence electrons. The van der Waals surface area contributed by atoms with Gasteiger partial charge >= 0.3 is 5.97 Å². The summed E-state index contributed by atoms with van der Waals surface area (Å²) in [5, 5.41) is 19.6. The van der Waals surface area contributed by atoms with Gasteiger partial charge in [0, 0.05) is 13.1 Å². The van der Waals surface area contributed by atoms with E-state index in [-0.39, 0.29) is 17.3 Å². The van der Waals surface area contributed by atoms with Gasteiger partial charge in [-0.15, -0.1) is 0 Å². The molecule has 6 nitrogen and oxygen atoms in total. The summed E-state index contributed by atoms with van der Waals surface area (Å²) in [6, 6.07) is 1.92. The maximum atomic E-state index is 13.3. The highest BCUT2D eigenvalue weighted by atomic mass is 35.5. The second kappa shape index (κ2) is 5.00. The Labute approximate surface area is 112 Å². The maximum Gasteiger partial charge on any atom is 0.308 e. The third kappa shape index (κ3) is 2.60. The van der Waals surface area contributed by atoms with E-state index in [4.69, 9.17) is 16.7 Å². The molecule has 1 atom stereocenters. The molecule has 1 aromatic rings. The second-order valence-electron chi connectivity index (χ2n) is 4.28. The summed E-state index contributed by atoms with van der Waals surface area (Å²) in [5.74, 6) is -2.40. The highest BCUT2D eigenvalue weighted by Gasteiger charge is 2.32. The molecule has 8 heteroatoms. The van der Waals surface area contributed by atoms with E-state index >= 15 is 0 Å². The molecule has 1 N–H and O–H groups in total. The lowest BCUT2D eigenvalue weighted by Gasteiger charge is -2.18. The smallest absolute Gasteiger partial charge is 0.308 e. The molecule has 0 aliphatic carbocycles. The minimum Gasteiger partial charge on any atom is -0.481 e. The van der Waals surface area contributed by atoms with E-state index in [1.807, 2.05) is 0 Å². The van der Waals surface area contributed by atoms with Gasteiger partial charge in [-0.3, -0.25) is 14.9 Å². The number of hydrogen-bond donors (Lipinski definition) is 1. The van der Waals surface area contributed by atoms with Crippen LogP contribution in [-0.4, -0.2) is 29.1 Å². The molecule has 0 radical (unpaired) electrons. The molecule has 0 aromatic heterocycles. The van der Waals surface area contributed by atoms with Crippen molar-refractivity contribution in [1.29, 1.82) is 0 Å². The highest BCUT2D eigenvalue weighted by molar-refractivity contribution is 6.31. The van der Waals surface area contributed by atoms with Gasteiger partial charge in [0.05, 0.1) is 21.9 Å². The molecule has 1 fully saturated rings. The number of carboxylic acid groups (broad SMARTS) is 1. The van der Waals surface area contributed by atoms with Crippen LogP contribution in [0.3, 0.4) is 0 Å². The van der Waals surface area contributed by atoms with Gasteiger partial charge in [-0.05, 0) is 12.5 Å². The zero-order chi connectivity index (χ0) is 14.2. The number of nitrogens with zero attached hydrogens (tertiary/aromatic N) is 2. The number of halogens is 2. The third-order valence-electron chi connectivity index (χ3n) is 3.09. The molecular formula is C11H10ClFN2O4. The summed E-state index contributed by atoms with van der Waals surface area (Å²) >= 11 is 5.63. The molecule has 1 heterocycles. The van der Waals surface area contributed by atoms with Crippen molar-refractivity contribution in [2.75, 3.05) is 18.0 Å².